The second-order valence-corrected chi connectivity index (χ2v) is 6.74. The van der Waals surface area contributed by atoms with Crippen molar-refractivity contribution >= 4 is 5.96 Å². The highest BCUT2D eigenvalue weighted by Crippen LogP contribution is 2.09. The molecule has 6 heteroatoms. The Morgan fingerprint density at radius 1 is 1.24 bits per heavy atom. The lowest BCUT2D eigenvalue weighted by molar-refractivity contribution is -0.0179. The van der Waals surface area contributed by atoms with Crippen LogP contribution in [0.25, 0.3) is 0 Å². The van der Waals surface area contributed by atoms with E-state index in [4.69, 9.17) is 4.74 Å². The molecule has 25 heavy (non-hydrogen) atoms. The van der Waals surface area contributed by atoms with Gasteiger partial charge in [-0.1, -0.05) is 30.3 Å². The van der Waals surface area contributed by atoms with Crippen LogP contribution >= 0.6 is 0 Å². The van der Waals surface area contributed by atoms with Gasteiger partial charge in [0.25, 0.3) is 0 Å². The minimum absolute atomic E-state index is 0.366. The number of hydrogen-bond acceptors (Lipinski definition) is 4. The molecule has 140 valence electrons. The second-order valence-electron chi connectivity index (χ2n) is 6.74. The maximum atomic E-state index is 10.6. The number of aliphatic hydroxyl groups is 1. The Labute approximate surface area is 151 Å². The molecule has 0 bridgehead atoms. The summed E-state index contributed by atoms with van der Waals surface area (Å²) in [7, 11) is 0. The largest absolute Gasteiger partial charge is 0.387 e. The highest BCUT2D eigenvalue weighted by atomic mass is 16.5. The first kappa shape index (κ1) is 19.7. The highest BCUT2D eigenvalue weighted by molar-refractivity contribution is 5.79. The Kier molecular flexibility index (Phi) is 8.18. The number of β-amino-alcohol motifs (C(OH)–C–C–N with tert-alkyl or cyclic N) is 1. The number of morpholine rings is 1. The van der Waals surface area contributed by atoms with Crippen molar-refractivity contribution in [1.82, 2.24) is 15.5 Å². The van der Waals surface area contributed by atoms with Crippen molar-refractivity contribution in [1.29, 1.82) is 0 Å². The van der Waals surface area contributed by atoms with Gasteiger partial charge in [-0.3, -0.25) is 9.89 Å². The molecular formula is C19H32N4O2. The van der Waals surface area contributed by atoms with Crippen LogP contribution in [-0.4, -0.2) is 74.0 Å². The number of nitrogens with zero attached hydrogens (tertiary/aromatic N) is 2. The lowest BCUT2D eigenvalue weighted by atomic mass is 10.1. The summed E-state index contributed by atoms with van der Waals surface area (Å²) in [4.78, 5) is 6.80. The molecular weight excluding hydrogens is 316 g/mol. The average molecular weight is 348 g/mol. The summed E-state index contributed by atoms with van der Waals surface area (Å²) in [6.07, 6.45) is 0.940. The van der Waals surface area contributed by atoms with Crippen LogP contribution in [0.3, 0.4) is 0 Å². The Hall–Kier alpha value is -1.63. The minimum atomic E-state index is -0.848. The first-order chi connectivity index (χ1) is 12.1. The fourth-order valence-corrected chi connectivity index (χ4v) is 2.85. The number of benzene rings is 1. The average Bonchev–Trinajstić information content (AvgIpc) is 2.61. The molecule has 0 saturated carbocycles. The first-order valence-corrected chi connectivity index (χ1v) is 9.18. The molecule has 2 rings (SSSR count). The lowest BCUT2D eigenvalue weighted by Crippen LogP contribution is -2.48. The Morgan fingerprint density at radius 2 is 1.96 bits per heavy atom. The summed E-state index contributed by atoms with van der Waals surface area (Å²) < 4.78 is 5.35. The monoisotopic (exact) mass is 348 g/mol. The van der Waals surface area contributed by atoms with Crippen molar-refractivity contribution in [3.8, 4) is 0 Å². The van der Waals surface area contributed by atoms with Gasteiger partial charge in [0.15, 0.2) is 5.96 Å². The number of nitrogens with one attached hydrogen (secondary N) is 2. The molecule has 1 aromatic carbocycles. The molecule has 0 radical (unpaired) electrons. The minimum Gasteiger partial charge on any atom is -0.387 e. The van der Waals surface area contributed by atoms with Gasteiger partial charge in [0, 0.05) is 32.7 Å². The molecule has 0 aliphatic carbocycles. The molecule has 1 atom stereocenters. The van der Waals surface area contributed by atoms with E-state index in [0.717, 1.165) is 51.8 Å². The third kappa shape index (κ3) is 7.86. The lowest BCUT2D eigenvalue weighted by Gasteiger charge is -2.33. The number of hydrogen-bond donors (Lipinski definition) is 3. The normalized spacial score (nSPS) is 18.6. The zero-order valence-corrected chi connectivity index (χ0v) is 15.5. The van der Waals surface area contributed by atoms with E-state index in [1.165, 1.54) is 5.56 Å². The predicted molar refractivity (Wildman–Crippen MR) is 102 cm³/mol. The number of aliphatic imine (C=N–C) groups is 1. The quantitative estimate of drug-likeness (QED) is 0.480. The highest BCUT2D eigenvalue weighted by Gasteiger charge is 2.25. The fourth-order valence-electron chi connectivity index (χ4n) is 2.85. The number of rotatable bonds is 8. The van der Waals surface area contributed by atoms with Crippen LogP contribution in [0.4, 0.5) is 0 Å². The van der Waals surface area contributed by atoms with E-state index in [-0.39, 0.29) is 0 Å². The zero-order valence-electron chi connectivity index (χ0n) is 15.5. The second kappa shape index (κ2) is 10.4. The van der Waals surface area contributed by atoms with Gasteiger partial charge in [-0.15, -0.1) is 0 Å². The molecule has 1 aliphatic rings. The topological polar surface area (TPSA) is 69.1 Å². The zero-order chi connectivity index (χ0) is 18.0. The van der Waals surface area contributed by atoms with E-state index < -0.39 is 5.60 Å². The molecule has 1 aliphatic heterocycles. The Balaban J connectivity index is 1.80. The van der Waals surface area contributed by atoms with Crippen LogP contribution in [-0.2, 0) is 11.2 Å². The van der Waals surface area contributed by atoms with Gasteiger partial charge < -0.3 is 20.5 Å². The summed E-state index contributed by atoms with van der Waals surface area (Å²) in [5.41, 5.74) is 0.448. The third-order valence-corrected chi connectivity index (χ3v) is 4.14. The van der Waals surface area contributed by atoms with Gasteiger partial charge >= 0.3 is 0 Å². The summed E-state index contributed by atoms with van der Waals surface area (Å²) in [6, 6.07) is 10.4. The van der Waals surface area contributed by atoms with Crippen molar-refractivity contribution in [3.63, 3.8) is 0 Å². The maximum Gasteiger partial charge on any atom is 0.191 e. The smallest absolute Gasteiger partial charge is 0.191 e. The SMILES string of the molecule is CCNC(=NCC(C)(O)CN1CCOCC1)NCCc1ccccc1. The van der Waals surface area contributed by atoms with Crippen LogP contribution in [0.2, 0.25) is 0 Å². The van der Waals surface area contributed by atoms with Gasteiger partial charge in [-0.05, 0) is 25.8 Å². The molecule has 0 aromatic heterocycles. The van der Waals surface area contributed by atoms with Gasteiger partial charge in [0.05, 0.1) is 25.4 Å². The molecule has 1 aromatic rings. The third-order valence-electron chi connectivity index (χ3n) is 4.14. The molecule has 1 unspecified atom stereocenters. The van der Waals surface area contributed by atoms with Crippen molar-refractivity contribution in [2.45, 2.75) is 25.9 Å². The van der Waals surface area contributed by atoms with Crippen molar-refractivity contribution in [3.05, 3.63) is 35.9 Å². The number of ether oxygens (including phenoxy) is 1. The van der Waals surface area contributed by atoms with E-state index in [1.54, 1.807) is 0 Å². The van der Waals surface area contributed by atoms with Crippen LogP contribution in [0.1, 0.15) is 19.4 Å². The van der Waals surface area contributed by atoms with Gasteiger partial charge in [0.1, 0.15) is 0 Å². The molecule has 3 N–H and O–H groups in total. The van der Waals surface area contributed by atoms with Gasteiger partial charge in [-0.25, -0.2) is 0 Å². The van der Waals surface area contributed by atoms with E-state index in [9.17, 15) is 5.11 Å². The summed E-state index contributed by atoms with van der Waals surface area (Å²) >= 11 is 0. The van der Waals surface area contributed by atoms with Gasteiger partial charge in [-0.2, -0.15) is 0 Å². The van der Waals surface area contributed by atoms with Crippen LogP contribution in [0.15, 0.2) is 35.3 Å². The summed E-state index contributed by atoms with van der Waals surface area (Å²) in [6.45, 7) is 9.69. The summed E-state index contributed by atoms with van der Waals surface area (Å²) in [5, 5.41) is 17.2. The summed E-state index contributed by atoms with van der Waals surface area (Å²) in [5.74, 6) is 0.751. The molecule has 1 saturated heterocycles. The van der Waals surface area contributed by atoms with Crippen LogP contribution < -0.4 is 10.6 Å². The molecule has 0 amide bonds. The molecule has 6 nitrogen and oxygen atoms in total. The van der Waals surface area contributed by atoms with Crippen LogP contribution in [0.5, 0.6) is 0 Å². The van der Waals surface area contributed by atoms with Crippen LogP contribution in [0, 0.1) is 0 Å². The van der Waals surface area contributed by atoms with Crippen molar-refractivity contribution < 1.29 is 9.84 Å². The predicted octanol–water partition coefficient (Wildman–Crippen LogP) is 0.867. The van der Waals surface area contributed by atoms with E-state index in [2.05, 4.69) is 44.8 Å². The molecule has 1 heterocycles. The molecule has 0 spiro atoms. The Bertz CT molecular complexity index is 513. The molecule has 1 fully saturated rings. The van der Waals surface area contributed by atoms with Crippen molar-refractivity contribution in [2.75, 3.05) is 52.5 Å². The Morgan fingerprint density at radius 3 is 2.64 bits per heavy atom. The van der Waals surface area contributed by atoms with Crippen molar-refractivity contribution in [2.24, 2.45) is 4.99 Å². The van der Waals surface area contributed by atoms with E-state index in [1.807, 2.05) is 19.9 Å². The maximum absolute atomic E-state index is 10.6. The van der Waals surface area contributed by atoms with E-state index in [0.29, 0.717) is 13.1 Å². The van der Waals surface area contributed by atoms with E-state index >= 15 is 0 Å². The van der Waals surface area contributed by atoms with Gasteiger partial charge in [0.2, 0.25) is 0 Å². The number of guanidine groups is 1. The fraction of sp³-hybridized carbons (Fsp3) is 0.632. The standard InChI is InChI=1S/C19H32N4O2/c1-3-20-18(21-10-9-17-7-5-4-6-8-17)22-15-19(2,24)16-23-11-13-25-14-12-23/h4-8,24H,3,9-16H2,1-2H3,(H2,20,21,22). The first-order valence-electron chi connectivity index (χ1n) is 9.18.